The molecular weight excluding hydrogens is 147 g/mol. The van der Waals surface area contributed by atoms with E-state index in [9.17, 15) is 4.39 Å². The summed E-state index contributed by atoms with van der Waals surface area (Å²) in [5.41, 5.74) is 0. The molecular formula is C7H11FN2O. The summed E-state index contributed by atoms with van der Waals surface area (Å²) in [6.45, 7) is 2.50. The lowest BCUT2D eigenvalue weighted by Crippen LogP contribution is -2.08. The third-order valence-electron chi connectivity index (χ3n) is 1.49. The maximum Gasteiger partial charge on any atom is 0.230 e. The number of methoxy groups -OCH3 is 1. The summed E-state index contributed by atoms with van der Waals surface area (Å²) < 4.78 is 18.9. The minimum Gasteiger partial charge on any atom is -0.383 e. The first-order valence-corrected chi connectivity index (χ1v) is 3.42. The van der Waals surface area contributed by atoms with Crippen LogP contribution >= 0.6 is 0 Å². The molecule has 0 spiro atoms. The van der Waals surface area contributed by atoms with Crippen LogP contribution in [0.1, 0.15) is 13.0 Å². The molecule has 3 nitrogen and oxygen atoms in total. The molecule has 0 saturated heterocycles. The smallest absolute Gasteiger partial charge is 0.230 e. The van der Waals surface area contributed by atoms with Gasteiger partial charge in [0, 0.05) is 7.11 Å². The van der Waals surface area contributed by atoms with Gasteiger partial charge in [0.05, 0.1) is 25.2 Å². The van der Waals surface area contributed by atoms with E-state index in [0.29, 0.717) is 6.61 Å². The van der Waals surface area contributed by atoms with Crippen LogP contribution in [0.4, 0.5) is 4.39 Å². The summed E-state index contributed by atoms with van der Waals surface area (Å²) >= 11 is 0. The molecule has 1 aromatic rings. The third kappa shape index (κ3) is 2.01. The number of hydrogen-bond donors (Lipinski definition) is 0. The van der Waals surface area contributed by atoms with E-state index in [1.54, 1.807) is 11.7 Å². The zero-order valence-corrected chi connectivity index (χ0v) is 6.62. The van der Waals surface area contributed by atoms with Crippen molar-refractivity contribution >= 4 is 0 Å². The molecule has 0 aliphatic carbocycles. The van der Waals surface area contributed by atoms with Crippen LogP contribution in [-0.4, -0.2) is 23.3 Å². The maximum absolute atomic E-state index is 12.4. The Bertz CT molecular complexity index is 224. The van der Waals surface area contributed by atoms with Crippen molar-refractivity contribution in [2.24, 2.45) is 0 Å². The zero-order chi connectivity index (χ0) is 8.27. The summed E-state index contributed by atoms with van der Waals surface area (Å²) in [7, 11) is 1.61. The minimum absolute atomic E-state index is 0.136. The second-order valence-corrected chi connectivity index (χ2v) is 2.45. The van der Waals surface area contributed by atoms with Gasteiger partial charge in [-0.15, -0.1) is 0 Å². The summed E-state index contributed by atoms with van der Waals surface area (Å²) in [5.74, 6) is -0.451. The largest absolute Gasteiger partial charge is 0.383 e. The van der Waals surface area contributed by atoms with Crippen LogP contribution in [0.3, 0.4) is 0 Å². The lowest BCUT2D eigenvalue weighted by Gasteiger charge is -2.10. The predicted octanol–water partition coefficient (Wildman–Crippen LogP) is 1.23. The Morgan fingerprint density at radius 2 is 2.55 bits per heavy atom. The van der Waals surface area contributed by atoms with Crippen LogP contribution in [-0.2, 0) is 4.74 Å². The normalized spacial score (nSPS) is 13.4. The monoisotopic (exact) mass is 158 g/mol. The molecule has 0 fully saturated rings. The van der Waals surface area contributed by atoms with Crippen molar-refractivity contribution in [2.45, 2.75) is 13.0 Å². The summed E-state index contributed by atoms with van der Waals surface area (Å²) in [6, 6.07) is 0.136. The SMILES string of the molecule is COC[C@H](C)n1cnc(F)c1. The molecule has 11 heavy (non-hydrogen) atoms. The third-order valence-corrected chi connectivity index (χ3v) is 1.49. The van der Waals surface area contributed by atoms with E-state index in [1.165, 1.54) is 12.5 Å². The minimum atomic E-state index is -0.451. The highest BCUT2D eigenvalue weighted by Gasteiger charge is 2.04. The molecule has 0 unspecified atom stereocenters. The topological polar surface area (TPSA) is 27.1 Å². The van der Waals surface area contributed by atoms with Crippen LogP contribution < -0.4 is 0 Å². The van der Waals surface area contributed by atoms with Crippen molar-refractivity contribution in [3.8, 4) is 0 Å². The quantitative estimate of drug-likeness (QED) is 0.661. The first-order valence-electron chi connectivity index (χ1n) is 3.42. The number of rotatable bonds is 3. The molecule has 0 saturated carbocycles. The number of imidazole rings is 1. The molecule has 0 radical (unpaired) electrons. The molecule has 62 valence electrons. The van der Waals surface area contributed by atoms with Gasteiger partial charge < -0.3 is 9.30 Å². The number of aromatic nitrogens is 2. The molecule has 4 heteroatoms. The summed E-state index contributed by atoms with van der Waals surface area (Å²) in [5, 5.41) is 0. The van der Waals surface area contributed by atoms with Gasteiger partial charge in [0.15, 0.2) is 0 Å². The first kappa shape index (κ1) is 8.20. The fraction of sp³-hybridized carbons (Fsp3) is 0.571. The lowest BCUT2D eigenvalue weighted by molar-refractivity contribution is 0.162. The standard InChI is InChI=1S/C7H11FN2O/c1-6(4-11-2)10-3-7(8)9-5-10/h3,5-6H,4H2,1-2H3/t6-/m0/s1. The fourth-order valence-corrected chi connectivity index (χ4v) is 0.880. The van der Waals surface area contributed by atoms with Crippen LogP contribution in [0.25, 0.3) is 0 Å². The fourth-order valence-electron chi connectivity index (χ4n) is 0.880. The van der Waals surface area contributed by atoms with E-state index in [-0.39, 0.29) is 6.04 Å². The Hall–Kier alpha value is -0.900. The Morgan fingerprint density at radius 1 is 1.82 bits per heavy atom. The van der Waals surface area contributed by atoms with E-state index >= 15 is 0 Å². The second kappa shape index (κ2) is 3.48. The molecule has 1 rings (SSSR count). The Morgan fingerprint density at radius 3 is 3.00 bits per heavy atom. The molecule has 0 amide bonds. The number of hydrogen-bond acceptors (Lipinski definition) is 2. The number of nitrogens with zero attached hydrogens (tertiary/aromatic N) is 2. The van der Waals surface area contributed by atoms with E-state index in [0.717, 1.165) is 0 Å². The van der Waals surface area contributed by atoms with Gasteiger partial charge in [-0.1, -0.05) is 0 Å². The van der Waals surface area contributed by atoms with Crippen LogP contribution in [0, 0.1) is 5.95 Å². The molecule has 0 N–H and O–H groups in total. The van der Waals surface area contributed by atoms with Gasteiger partial charge in [-0.25, -0.2) is 4.98 Å². The van der Waals surface area contributed by atoms with Gasteiger partial charge in [-0.2, -0.15) is 4.39 Å². The van der Waals surface area contributed by atoms with Gasteiger partial charge >= 0.3 is 0 Å². The van der Waals surface area contributed by atoms with E-state index < -0.39 is 5.95 Å². The van der Waals surface area contributed by atoms with Crippen molar-refractivity contribution in [1.82, 2.24) is 9.55 Å². The van der Waals surface area contributed by atoms with E-state index in [2.05, 4.69) is 4.98 Å². The Kier molecular flexibility index (Phi) is 2.59. The van der Waals surface area contributed by atoms with Crippen molar-refractivity contribution in [2.75, 3.05) is 13.7 Å². The summed E-state index contributed by atoms with van der Waals surface area (Å²) in [4.78, 5) is 3.46. The molecule has 0 bridgehead atoms. The average Bonchev–Trinajstić information content (AvgIpc) is 2.36. The molecule has 0 aliphatic heterocycles. The van der Waals surface area contributed by atoms with Gasteiger partial charge in [-0.3, -0.25) is 0 Å². The van der Waals surface area contributed by atoms with Gasteiger partial charge in [-0.05, 0) is 6.92 Å². The highest BCUT2D eigenvalue weighted by Crippen LogP contribution is 2.05. The predicted molar refractivity (Wildman–Crippen MR) is 38.8 cm³/mol. The van der Waals surface area contributed by atoms with Crippen molar-refractivity contribution in [1.29, 1.82) is 0 Å². The highest BCUT2D eigenvalue weighted by molar-refractivity contribution is 4.81. The van der Waals surface area contributed by atoms with Crippen molar-refractivity contribution < 1.29 is 9.13 Å². The Balaban J connectivity index is 2.60. The van der Waals surface area contributed by atoms with Crippen molar-refractivity contribution in [3.63, 3.8) is 0 Å². The van der Waals surface area contributed by atoms with Crippen LogP contribution in [0.15, 0.2) is 12.5 Å². The maximum atomic E-state index is 12.4. The number of halogens is 1. The average molecular weight is 158 g/mol. The van der Waals surface area contributed by atoms with Crippen LogP contribution in [0.5, 0.6) is 0 Å². The Labute approximate surface area is 64.8 Å². The second-order valence-electron chi connectivity index (χ2n) is 2.45. The molecule has 1 heterocycles. The zero-order valence-electron chi connectivity index (χ0n) is 6.62. The molecule has 0 aromatic carbocycles. The summed E-state index contributed by atoms with van der Waals surface area (Å²) in [6.07, 6.45) is 2.81. The molecule has 1 aromatic heterocycles. The lowest BCUT2D eigenvalue weighted by atomic mass is 10.4. The van der Waals surface area contributed by atoms with Gasteiger partial charge in [0.2, 0.25) is 5.95 Å². The number of ether oxygens (including phenoxy) is 1. The van der Waals surface area contributed by atoms with Crippen LogP contribution in [0.2, 0.25) is 0 Å². The molecule has 0 aliphatic rings. The highest BCUT2D eigenvalue weighted by atomic mass is 19.1. The van der Waals surface area contributed by atoms with Crippen molar-refractivity contribution in [3.05, 3.63) is 18.5 Å². The van der Waals surface area contributed by atoms with E-state index in [4.69, 9.17) is 4.74 Å². The first-order chi connectivity index (χ1) is 5.24. The van der Waals surface area contributed by atoms with Gasteiger partial charge in [0.25, 0.3) is 0 Å². The van der Waals surface area contributed by atoms with E-state index in [1.807, 2.05) is 6.92 Å². The van der Waals surface area contributed by atoms with Gasteiger partial charge in [0.1, 0.15) is 0 Å². The molecule has 1 atom stereocenters.